The lowest BCUT2D eigenvalue weighted by Crippen LogP contribution is -2.37. The molecule has 0 radical (unpaired) electrons. The number of hydrogen-bond acceptors (Lipinski definition) is 3. The number of aryl methyl sites for hydroxylation is 1. The third-order valence-corrected chi connectivity index (χ3v) is 3.36. The molecule has 0 aliphatic heterocycles. The SMILES string of the molecule is CCc1ccc(O)c(NC(=O)[C@H](N)Cc2ccccc2)c1. The summed E-state index contributed by atoms with van der Waals surface area (Å²) in [6.07, 6.45) is 1.29. The summed E-state index contributed by atoms with van der Waals surface area (Å²) in [4.78, 5) is 12.1. The monoisotopic (exact) mass is 284 g/mol. The predicted octanol–water partition coefficient (Wildman–Crippen LogP) is 2.46. The van der Waals surface area contributed by atoms with E-state index in [1.807, 2.05) is 43.3 Å². The molecular weight excluding hydrogens is 264 g/mol. The van der Waals surface area contributed by atoms with E-state index in [0.717, 1.165) is 17.5 Å². The summed E-state index contributed by atoms with van der Waals surface area (Å²) in [7, 11) is 0. The van der Waals surface area contributed by atoms with Crippen LogP contribution in [0.4, 0.5) is 5.69 Å². The molecule has 0 aromatic heterocycles. The first-order chi connectivity index (χ1) is 10.1. The van der Waals surface area contributed by atoms with Crippen LogP contribution in [0.15, 0.2) is 48.5 Å². The van der Waals surface area contributed by atoms with Crippen LogP contribution in [0.3, 0.4) is 0 Å². The molecule has 0 saturated heterocycles. The van der Waals surface area contributed by atoms with Crippen molar-refractivity contribution < 1.29 is 9.90 Å². The zero-order valence-electron chi connectivity index (χ0n) is 12.0. The lowest BCUT2D eigenvalue weighted by Gasteiger charge is -2.14. The van der Waals surface area contributed by atoms with Crippen LogP contribution in [0.2, 0.25) is 0 Å². The molecule has 2 rings (SSSR count). The van der Waals surface area contributed by atoms with Crippen LogP contribution < -0.4 is 11.1 Å². The zero-order chi connectivity index (χ0) is 15.2. The van der Waals surface area contributed by atoms with E-state index in [4.69, 9.17) is 5.73 Å². The molecule has 0 bridgehead atoms. The quantitative estimate of drug-likeness (QED) is 0.738. The van der Waals surface area contributed by atoms with Gasteiger partial charge >= 0.3 is 0 Å². The first-order valence-electron chi connectivity index (χ1n) is 7.02. The normalized spacial score (nSPS) is 11.9. The van der Waals surface area contributed by atoms with E-state index in [1.165, 1.54) is 0 Å². The summed E-state index contributed by atoms with van der Waals surface area (Å²) >= 11 is 0. The molecule has 1 atom stereocenters. The van der Waals surface area contributed by atoms with E-state index in [0.29, 0.717) is 12.1 Å². The van der Waals surface area contributed by atoms with Gasteiger partial charge in [-0.25, -0.2) is 0 Å². The van der Waals surface area contributed by atoms with Gasteiger partial charge in [-0.2, -0.15) is 0 Å². The van der Waals surface area contributed by atoms with Gasteiger partial charge in [-0.3, -0.25) is 4.79 Å². The maximum atomic E-state index is 12.1. The van der Waals surface area contributed by atoms with Crippen molar-refractivity contribution in [3.63, 3.8) is 0 Å². The smallest absolute Gasteiger partial charge is 0.241 e. The summed E-state index contributed by atoms with van der Waals surface area (Å²) < 4.78 is 0. The highest BCUT2D eigenvalue weighted by Crippen LogP contribution is 2.24. The molecule has 4 heteroatoms. The van der Waals surface area contributed by atoms with Crippen molar-refractivity contribution in [2.75, 3.05) is 5.32 Å². The van der Waals surface area contributed by atoms with E-state index >= 15 is 0 Å². The third kappa shape index (κ3) is 4.07. The van der Waals surface area contributed by atoms with Crippen molar-refractivity contribution in [2.45, 2.75) is 25.8 Å². The van der Waals surface area contributed by atoms with Crippen LogP contribution in [-0.4, -0.2) is 17.1 Å². The number of carbonyl (C=O) groups excluding carboxylic acids is 1. The Morgan fingerprint density at radius 1 is 1.19 bits per heavy atom. The van der Waals surface area contributed by atoms with E-state index < -0.39 is 6.04 Å². The number of aromatic hydroxyl groups is 1. The number of anilines is 1. The molecule has 4 nitrogen and oxygen atoms in total. The number of phenolic OH excluding ortho intramolecular Hbond substituents is 1. The van der Waals surface area contributed by atoms with Crippen LogP contribution in [-0.2, 0) is 17.6 Å². The number of hydrogen-bond donors (Lipinski definition) is 3. The minimum atomic E-state index is -0.655. The van der Waals surface area contributed by atoms with Crippen LogP contribution in [0.5, 0.6) is 5.75 Å². The first-order valence-corrected chi connectivity index (χ1v) is 7.02. The molecule has 0 aliphatic carbocycles. The molecule has 4 N–H and O–H groups in total. The van der Waals surface area contributed by atoms with Gasteiger partial charge in [-0.05, 0) is 36.1 Å². The highest BCUT2D eigenvalue weighted by molar-refractivity contribution is 5.96. The molecule has 1 amide bonds. The fourth-order valence-electron chi connectivity index (χ4n) is 2.09. The van der Waals surface area contributed by atoms with E-state index in [9.17, 15) is 9.90 Å². The topological polar surface area (TPSA) is 75.3 Å². The van der Waals surface area contributed by atoms with E-state index in [2.05, 4.69) is 5.32 Å². The van der Waals surface area contributed by atoms with E-state index in [1.54, 1.807) is 12.1 Å². The fourth-order valence-corrected chi connectivity index (χ4v) is 2.09. The minimum Gasteiger partial charge on any atom is -0.506 e. The van der Waals surface area contributed by atoms with E-state index in [-0.39, 0.29) is 11.7 Å². The largest absolute Gasteiger partial charge is 0.506 e. The highest BCUT2D eigenvalue weighted by Gasteiger charge is 2.15. The Labute approximate surface area is 124 Å². The van der Waals surface area contributed by atoms with Crippen molar-refractivity contribution in [2.24, 2.45) is 5.73 Å². The number of amides is 1. The second kappa shape index (κ2) is 6.90. The zero-order valence-corrected chi connectivity index (χ0v) is 12.0. The summed E-state index contributed by atoms with van der Waals surface area (Å²) in [6, 6.07) is 14.1. The Bertz CT molecular complexity index is 611. The Morgan fingerprint density at radius 3 is 2.57 bits per heavy atom. The summed E-state index contributed by atoms with van der Waals surface area (Å²) in [6.45, 7) is 2.01. The van der Waals surface area contributed by atoms with Gasteiger partial charge in [0.15, 0.2) is 0 Å². The predicted molar refractivity (Wildman–Crippen MR) is 84.2 cm³/mol. The van der Waals surface area contributed by atoms with Crippen molar-refractivity contribution in [3.8, 4) is 5.75 Å². The maximum Gasteiger partial charge on any atom is 0.241 e. The number of rotatable bonds is 5. The lowest BCUT2D eigenvalue weighted by atomic mass is 10.1. The van der Waals surface area contributed by atoms with Gasteiger partial charge in [0.05, 0.1) is 11.7 Å². The number of carbonyl (C=O) groups is 1. The first kappa shape index (κ1) is 15.1. The van der Waals surface area contributed by atoms with Gasteiger partial charge in [-0.15, -0.1) is 0 Å². The Morgan fingerprint density at radius 2 is 1.90 bits per heavy atom. The van der Waals surface area contributed by atoms with Crippen LogP contribution >= 0.6 is 0 Å². The molecule has 2 aromatic carbocycles. The van der Waals surface area contributed by atoms with Crippen molar-refractivity contribution in [3.05, 3.63) is 59.7 Å². The van der Waals surface area contributed by atoms with Crippen LogP contribution in [0.25, 0.3) is 0 Å². The third-order valence-electron chi connectivity index (χ3n) is 3.36. The van der Waals surface area contributed by atoms with Gasteiger partial charge in [0.2, 0.25) is 5.91 Å². The highest BCUT2D eigenvalue weighted by atomic mass is 16.3. The summed E-state index contributed by atoms with van der Waals surface area (Å²) in [5, 5.41) is 12.5. The van der Waals surface area contributed by atoms with Crippen molar-refractivity contribution >= 4 is 11.6 Å². The average molecular weight is 284 g/mol. The van der Waals surface area contributed by atoms with Crippen LogP contribution in [0, 0.1) is 0 Å². The molecule has 110 valence electrons. The maximum absolute atomic E-state index is 12.1. The van der Waals surface area contributed by atoms with Gasteiger partial charge < -0.3 is 16.2 Å². The fraction of sp³-hybridized carbons (Fsp3) is 0.235. The molecule has 0 aliphatic rings. The molecular formula is C17H20N2O2. The second-order valence-corrected chi connectivity index (χ2v) is 4.99. The average Bonchev–Trinajstić information content (AvgIpc) is 2.50. The minimum absolute atomic E-state index is 0.0486. The number of benzene rings is 2. The standard InChI is InChI=1S/C17H20N2O2/c1-2-12-8-9-16(20)15(11-12)19-17(21)14(18)10-13-6-4-3-5-7-13/h3-9,11,14,20H,2,10,18H2,1H3,(H,19,21)/t14-/m1/s1. The lowest BCUT2D eigenvalue weighted by molar-refractivity contribution is -0.117. The molecule has 0 spiro atoms. The van der Waals surface area contributed by atoms with Gasteiger partial charge in [0.25, 0.3) is 0 Å². The molecule has 0 fully saturated rings. The summed E-state index contributed by atoms with van der Waals surface area (Å²) in [5.74, 6) is -0.255. The van der Waals surface area contributed by atoms with Gasteiger partial charge in [0, 0.05) is 0 Å². The molecule has 0 saturated carbocycles. The molecule has 21 heavy (non-hydrogen) atoms. The molecule has 0 heterocycles. The van der Waals surface area contributed by atoms with Gasteiger partial charge in [0.1, 0.15) is 5.75 Å². The Kier molecular flexibility index (Phi) is 4.95. The van der Waals surface area contributed by atoms with Crippen molar-refractivity contribution in [1.82, 2.24) is 0 Å². The number of nitrogens with two attached hydrogens (primary N) is 1. The Hall–Kier alpha value is -2.33. The number of phenols is 1. The summed E-state index contributed by atoms with van der Waals surface area (Å²) in [5.41, 5.74) is 8.38. The molecule has 2 aromatic rings. The van der Waals surface area contributed by atoms with Gasteiger partial charge in [-0.1, -0.05) is 43.3 Å². The Balaban J connectivity index is 2.04. The molecule has 0 unspecified atom stereocenters. The second-order valence-electron chi connectivity index (χ2n) is 4.99. The number of nitrogens with one attached hydrogen (secondary N) is 1. The van der Waals surface area contributed by atoms with Crippen molar-refractivity contribution in [1.29, 1.82) is 0 Å². The van der Waals surface area contributed by atoms with Crippen LogP contribution in [0.1, 0.15) is 18.1 Å².